The Labute approximate surface area is 123 Å². The molecule has 19 heavy (non-hydrogen) atoms. The zero-order chi connectivity index (χ0) is 14.4. The summed E-state index contributed by atoms with van der Waals surface area (Å²) in [5, 5.41) is 3.71. The first-order valence-electron chi connectivity index (χ1n) is 7.23. The highest BCUT2D eigenvalue weighted by Crippen LogP contribution is 2.32. The number of hydrogen-bond acceptors (Lipinski definition) is 2. The van der Waals surface area contributed by atoms with Crippen LogP contribution >= 0.6 is 11.8 Å². The summed E-state index contributed by atoms with van der Waals surface area (Å²) in [5.74, 6) is 1.22. The van der Waals surface area contributed by atoms with Crippen molar-refractivity contribution in [3.05, 3.63) is 35.9 Å². The topological polar surface area (TPSA) is 12.0 Å². The van der Waals surface area contributed by atoms with Gasteiger partial charge >= 0.3 is 0 Å². The minimum atomic E-state index is 0.175. The molecule has 1 rings (SSSR count). The summed E-state index contributed by atoms with van der Waals surface area (Å²) in [6, 6.07) is 11.0. The Morgan fingerprint density at radius 3 is 2.21 bits per heavy atom. The maximum absolute atomic E-state index is 3.71. The van der Waals surface area contributed by atoms with Crippen molar-refractivity contribution in [1.82, 2.24) is 5.32 Å². The maximum atomic E-state index is 3.71. The first-order valence-corrected chi connectivity index (χ1v) is 8.62. The zero-order valence-corrected chi connectivity index (χ0v) is 13.9. The lowest BCUT2D eigenvalue weighted by molar-refractivity contribution is 0.314. The average Bonchev–Trinajstić information content (AvgIpc) is 2.40. The summed E-state index contributed by atoms with van der Waals surface area (Å²) < 4.78 is 0. The minimum Gasteiger partial charge on any atom is -0.311 e. The standard InChI is InChI=1S/C17H29NS/c1-6-17(12-13-19-5,14-18-16(2,3)4)15-10-8-7-9-11-15/h7-11,18H,6,12-14H2,1-5H3. The summed E-state index contributed by atoms with van der Waals surface area (Å²) in [6.45, 7) is 10.1. The van der Waals surface area contributed by atoms with E-state index in [1.807, 2.05) is 11.8 Å². The smallest absolute Gasteiger partial charge is 0.00968 e. The van der Waals surface area contributed by atoms with Crippen LogP contribution < -0.4 is 5.32 Å². The van der Waals surface area contributed by atoms with Gasteiger partial charge in [-0.05, 0) is 51.2 Å². The molecule has 108 valence electrons. The molecule has 0 aliphatic heterocycles. The van der Waals surface area contributed by atoms with E-state index in [1.165, 1.54) is 24.2 Å². The van der Waals surface area contributed by atoms with Crippen LogP contribution in [0.15, 0.2) is 30.3 Å². The van der Waals surface area contributed by atoms with E-state index in [0.29, 0.717) is 0 Å². The van der Waals surface area contributed by atoms with Gasteiger partial charge in [-0.1, -0.05) is 37.3 Å². The van der Waals surface area contributed by atoms with Crippen molar-refractivity contribution in [3.8, 4) is 0 Å². The SMILES string of the molecule is CCC(CCSC)(CNC(C)(C)C)c1ccccc1. The number of nitrogens with one attached hydrogen (secondary N) is 1. The minimum absolute atomic E-state index is 0.175. The van der Waals surface area contributed by atoms with Gasteiger partial charge in [0.2, 0.25) is 0 Å². The predicted molar refractivity (Wildman–Crippen MR) is 89.2 cm³/mol. The number of rotatable bonds is 7. The van der Waals surface area contributed by atoms with Crippen LogP contribution in [0.2, 0.25) is 0 Å². The lowest BCUT2D eigenvalue weighted by atomic mass is 9.75. The highest BCUT2D eigenvalue weighted by Gasteiger charge is 2.30. The molecule has 1 unspecified atom stereocenters. The molecule has 0 spiro atoms. The van der Waals surface area contributed by atoms with Gasteiger partial charge < -0.3 is 5.32 Å². The van der Waals surface area contributed by atoms with E-state index in [1.54, 1.807) is 0 Å². The van der Waals surface area contributed by atoms with E-state index in [2.05, 4.69) is 69.6 Å². The molecule has 0 fully saturated rings. The lowest BCUT2D eigenvalue weighted by Gasteiger charge is -2.37. The Bertz CT molecular complexity index is 355. The number of thioether (sulfide) groups is 1. The van der Waals surface area contributed by atoms with Crippen molar-refractivity contribution in [3.63, 3.8) is 0 Å². The molecule has 1 aromatic carbocycles. The second kappa shape index (κ2) is 7.35. The maximum Gasteiger partial charge on any atom is 0.00968 e. The van der Waals surface area contributed by atoms with Crippen molar-refractivity contribution in [2.45, 2.75) is 51.5 Å². The summed E-state index contributed by atoms with van der Waals surface area (Å²) in [5.41, 5.74) is 1.91. The molecule has 1 atom stereocenters. The molecular formula is C17H29NS. The fourth-order valence-electron chi connectivity index (χ4n) is 2.36. The Morgan fingerprint density at radius 1 is 1.11 bits per heavy atom. The quantitative estimate of drug-likeness (QED) is 0.790. The molecule has 0 radical (unpaired) electrons. The summed E-state index contributed by atoms with van der Waals surface area (Å²) in [6.07, 6.45) is 4.61. The van der Waals surface area contributed by atoms with Gasteiger partial charge in [-0.2, -0.15) is 11.8 Å². The Morgan fingerprint density at radius 2 is 1.74 bits per heavy atom. The molecule has 0 aliphatic rings. The van der Waals surface area contributed by atoms with Gasteiger partial charge in [0.05, 0.1) is 0 Å². The first-order chi connectivity index (χ1) is 8.93. The number of hydrogen-bond donors (Lipinski definition) is 1. The summed E-state index contributed by atoms with van der Waals surface area (Å²) in [4.78, 5) is 0. The molecule has 0 bridgehead atoms. The second-order valence-corrected chi connectivity index (χ2v) is 7.33. The molecule has 2 heteroatoms. The van der Waals surface area contributed by atoms with Gasteiger partial charge in [-0.25, -0.2) is 0 Å². The van der Waals surface area contributed by atoms with Crippen LogP contribution in [0.25, 0.3) is 0 Å². The highest BCUT2D eigenvalue weighted by atomic mass is 32.2. The largest absolute Gasteiger partial charge is 0.311 e. The molecule has 1 N–H and O–H groups in total. The van der Waals surface area contributed by atoms with E-state index in [9.17, 15) is 0 Å². The lowest BCUT2D eigenvalue weighted by Crippen LogP contribution is -2.46. The molecule has 0 saturated heterocycles. The molecular weight excluding hydrogens is 250 g/mol. The predicted octanol–water partition coefficient (Wildman–Crippen LogP) is 4.48. The van der Waals surface area contributed by atoms with Crippen molar-refractivity contribution in [2.24, 2.45) is 0 Å². The Balaban J connectivity index is 2.94. The van der Waals surface area contributed by atoms with Crippen LogP contribution in [0.4, 0.5) is 0 Å². The zero-order valence-electron chi connectivity index (χ0n) is 13.1. The van der Waals surface area contributed by atoms with Gasteiger partial charge in [0.15, 0.2) is 0 Å². The first kappa shape index (κ1) is 16.6. The van der Waals surface area contributed by atoms with Crippen molar-refractivity contribution < 1.29 is 0 Å². The molecule has 1 aromatic rings. The normalized spacial score (nSPS) is 15.2. The van der Waals surface area contributed by atoms with E-state index < -0.39 is 0 Å². The van der Waals surface area contributed by atoms with Gasteiger partial charge in [-0.15, -0.1) is 0 Å². The van der Waals surface area contributed by atoms with Crippen LogP contribution in [0, 0.1) is 0 Å². The van der Waals surface area contributed by atoms with E-state index >= 15 is 0 Å². The van der Waals surface area contributed by atoms with E-state index in [0.717, 1.165) is 6.54 Å². The van der Waals surface area contributed by atoms with Crippen LogP contribution in [0.3, 0.4) is 0 Å². The van der Waals surface area contributed by atoms with Crippen molar-refractivity contribution >= 4 is 11.8 Å². The summed E-state index contributed by atoms with van der Waals surface area (Å²) in [7, 11) is 0. The fourth-order valence-corrected chi connectivity index (χ4v) is 2.96. The third kappa shape index (κ3) is 5.19. The molecule has 0 aliphatic carbocycles. The average molecular weight is 279 g/mol. The van der Waals surface area contributed by atoms with Gasteiger partial charge in [0.25, 0.3) is 0 Å². The fraction of sp³-hybridized carbons (Fsp3) is 0.647. The Hall–Kier alpha value is -0.470. The molecule has 0 aromatic heterocycles. The van der Waals surface area contributed by atoms with Crippen molar-refractivity contribution in [1.29, 1.82) is 0 Å². The second-order valence-electron chi connectivity index (χ2n) is 6.35. The van der Waals surface area contributed by atoms with E-state index in [4.69, 9.17) is 0 Å². The van der Waals surface area contributed by atoms with Crippen LogP contribution in [0.5, 0.6) is 0 Å². The van der Waals surface area contributed by atoms with Crippen LogP contribution in [0.1, 0.15) is 46.1 Å². The monoisotopic (exact) mass is 279 g/mol. The third-order valence-electron chi connectivity index (χ3n) is 3.80. The van der Waals surface area contributed by atoms with E-state index in [-0.39, 0.29) is 11.0 Å². The molecule has 0 saturated carbocycles. The van der Waals surface area contributed by atoms with Crippen LogP contribution in [-0.2, 0) is 5.41 Å². The number of benzene rings is 1. The van der Waals surface area contributed by atoms with Gasteiger partial charge in [0, 0.05) is 17.5 Å². The summed E-state index contributed by atoms with van der Waals surface area (Å²) >= 11 is 1.94. The van der Waals surface area contributed by atoms with Crippen LogP contribution in [-0.4, -0.2) is 24.1 Å². The molecule has 0 heterocycles. The Kier molecular flexibility index (Phi) is 6.41. The highest BCUT2D eigenvalue weighted by molar-refractivity contribution is 7.98. The van der Waals surface area contributed by atoms with Crippen molar-refractivity contribution in [2.75, 3.05) is 18.6 Å². The third-order valence-corrected chi connectivity index (χ3v) is 4.42. The van der Waals surface area contributed by atoms with Gasteiger partial charge in [0.1, 0.15) is 0 Å². The molecule has 1 nitrogen and oxygen atoms in total. The van der Waals surface area contributed by atoms with Gasteiger partial charge in [-0.3, -0.25) is 0 Å². The molecule has 0 amide bonds.